The summed E-state index contributed by atoms with van der Waals surface area (Å²) in [7, 11) is -3.65. The molecule has 0 aliphatic heterocycles. The van der Waals surface area contributed by atoms with E-state index in [-0.39, 0.29) is 20.6 Å². The molecule has 1 aliphatic rings. The maximum absolute atomic E-state index is 12.6. The maximum atomic E-state index is 12.6. The van der Waals surface area contributed by atoms with Crippen LogP contribution in [-0.2, 0) is 22.7 Å². The zero-order valence-corrected chi connectivity index (χ0v) is 12.2. The van der Waals surface area contributed by atoms with E-state index in [0.29, 0.717) is 0 Å². The van der Waals surface area contributed by atoms with Crippen LogP contribution in [0, 0.1) is 0 Å². The van der Waals surface area contributed by atoms with E-state index in [1.165, 1.54) is 23.8 Å². The zero-order chi connectivity index (χ0) is 14.3. The molecule has 0 heterocycles. The fraction of sp³-hybridized carbons (Fsp3) is 0.200. The Balaban J connectivity index is 2.12. The summed E-state index contributed by atoms with van der Waals surface area (Å²) >= 11 is 5.94. The summed E-state index contributed by atoms with van der Waals surface area (Å²) in [6.45, 7) is 0. The second-order valence-corrected chi connectivity index (χ2v) is 7.23. The molecule has 3 nitrogen and oxygen atoms in total. The van der Waals surface area contributed by atoms with Crippen LogP contribution < -0.4 is 0 Å². The number of hydrogen-bond acceptors (Lipinski definition) is 3. The summed E-state index contributed by atoms with van der Waals surface area (Å²) in [6.07, 6.45) is 3.00. The SMILES string of the molecule is O=S(=O)(c1ccc2c(c1)CCC2)c1ccc(O)cc1Cl. The first kappa shape index (κ1) is 13.5. The minimum Gasteiger partial charge on any atom is -0.508 e. The number of sulfone groups is 1. The minimum absolute atomic E-state index is 0.0231. The van der Waals surface area contributed by atoms with Gasteiger partial charge in [0, 0.05) is 0 Å². The van der Waals surface area contributed by atoms with Crippen LogP contribution in [0.3, 0.4) is 0 Å². The molecule has 0 atom stereocenters. The highest BCUT2D eigenvalue weighted by molar-refractivity contribution is 7.91. The van der Waals surface area contributed by atoms with Crippen molar-refractivity contribution in [2.24, 2.45) is 0 Å². The number of aryl methyl sites for hydroxylation is 2. The van der Waals surface area contributed by atoms with Crippen LogP contribution in [0.2, 0.25) is 5.02 Å². The number of halogens is 1. The van der Waals surface area contributed by atoms with Gasteiger partial charge in [-0.15, -0.1) is 0 Å². The van der Waals surface area contributed by atoms with Crippen LogP contribution in [0.15, 0.2) is 46.2 Å². The Kier molecular flexibility index (Phi) is 3.22. The molecule has 104 valence electrons. The second kappa shape index (κ2) is 4.79. The Labute approximate surface area is 122 Å². The smallest absolute Gasteiger partial charge is 0.208 e. The Morgan fingerprint density at radius 1 is 1.00 bits per heavy atom. The molecule has 0 fully saturated rings. The molecule has 1 aliphatic carbocycles. The van der Waals surface area contributed by atoms with Gasteiger partial charge in [-0.25, -0.2) is 8.42 Å². The van der Waals surface area contributed by atoms with Gasteiger partial charge in [-0.2, -0.15) is 0 Å². The Hall–Kier alpha value is -1.52. The lowest BCUT2D eigenvalue weighted by Crippen LogP contribution is -2.03. The van der Waals surface area contributed by atoms with Gasteiger partial charge in [0.15, 0.2) is 0 Å². The molecule has 1 N–H and O–H groups in total. The predicted octanol–water partition coefficient (Wildman–Crippen LogP) is 3.37. The van der Waals surface area contributed by atoms with Crippen LogP contribution in [0.5, 0.6) is 5.75 Å². The molecule has 5 heteroatoms. The molecule has 2 aromatic rings. The van der Waals surface area contributed by atoms with Gasteiger partial charge in [0.1, 0.15) is 5.75 Å². The largest absolute Gasteiger partial charge is 0.508 e. The number of aromatic hydroxyl groups is 1. The van der Waals surface area contributed by atoms with Gasteiger partial charge < -0.3 is 5.11 Å². The fourth-order valence-corrected chi connectivity index (χ4v) is 4.39. The van der Waals surface area contributed by atoms with Crippen molar-refractivity contribution in [1.82, 2.24) is 0 Å². The van der Waals surface area contributed by atoms with E-state index in [9.17, 15) is 13.5 Å². The molecule has 0 aromatic heterocycles. The lowest BCUT2D eigenvalue weighted by atomic mass is 10.1. The molecule has 20 heavy (non-hydrogen) atoms. The maximum Gasteiger partial charge on any atom is 0.208 e. The van der Waals surface area contributed by atoms with Crippen LogP contribution in [-0.4, -0.2) is 13.5 Å². The third-order valence-corrected chi connectivity index (χ3v) is 5.82. The van der Waals surface area contributed by atoms with E-state index in [2.05, 4.69) is 0 Å². The highest BCUT2D eigenvalue weighted by atomic mass is 35.5. The number of hydrogen-bond donors (Lipinski definition) is 1. The summed E-state index contributed by atoms with van der Waals surface area (Å²) in [5.41, 5.74) is 2.32. The average Bonchev–Trinajstić information content (AvgIpc) is 2.85. The first-order valence-corrected chi connectivity index (χ1v) is 8.20. The monoisotopic (exact) mass is 308 g/mol. The zero-order valence-electron chi connectivity index (χ0n) is 10.6. The molecular formula is C15H13ClO3S. The standard InChI is InChI=1S/C15H13ClO3S/c16-14-9-12(17)5-7-15(14)20(18,19)13-6-4-10-2-1-3-11(10)8-13/h4-9,17H,1-3H2. The van der Waals surface area contributed by atoms with Crippen LogP contribution in [0.1, 0.15) is 17.5 Å². The molecule has 0 saturated carbocycles. The number of phenols is 1. The molecule has 2 aromatic carbocycles. The summed E-state index contributed by atoms with van der Waals surface area (Å²) in [6, 6.07) is 9.14. The van der Waals surface area contributed by atoms with E-state index in [1.54, 1.807) is 12.1 Å². The third kappa shape index (κ3) is 2.19. The van der Waals surface area contributed by atoms with Gasteiger partial charge in [0.05, 0.1) is 14.8 Å². The molecule has 0 unspecified atom stereocenters. The van der Waals surface area contributed by atoms with Gasteiger partial charge in [-0.05, 0) is 60.7 Å². The van der Waals surface area contributed by atoms with Gasteiger partial charge in [0.2, 0.25) is 9.84 Å². The van der Waals surface area contributed by atoms with Crippen molar-refractivity contribution in [2.75, 3.05) is 0 Å². The Morgan fingerprint density at radius 3 is 2.50 bits per heavy atom. The molecule has 0 spiro atoms. The van der Waals surface area contributed by atoms with Gasteiger partial charge in [-0.3, -0.25) is 0 Å². The Bertz CT molecular complexity index is 782. The summed E-state index contributed by atoms with van der Waals surface area (Å²) in [5, 5.41) is 9.35. The van der Waals surface area contributed by atoms with Crippen molar-refractivity contribution in [3.05, 3.63) is 52.5 Å². The minimum atomic E-state index is -3.65. The Morgan fingerprint density at radius 2 is 1.75 bits per heavy atom. The molecular weight excluding hydrogens is 296 g/mol. The summed E-state index contributed by atoms with van der Waals surface area (Å²) in [4.78, 5) is 0.278. The normalized spacial score (nSPS) is 14.2. The number of fused-ring (bicyclic) bond motifs is 1. The average molecular weight is 309 g/mol. The van der Waals surface area contributed by atoms with E-state index in [0.717, 1.165) is 24.8 Å². The van der Waals surface area contributed by atoms with Gasteiger partial charge >= 0.3 is 0 Å². The van der Waals surface area contributed by atoms with Crippen molar-refractivity contribution >= 4 is 21.4 Å². The first-order valence-electron chi connectivity index (χ1n) is 6.34. The number of benzene rings is 2. The molecule has 0 radical (unpaired) electrons. The molecule has 0 amide bonds. The predicted molar refractivity (Wildman–Crippen MR) is 77.0 cm³/mol. The van der Waals surface area contributed by atoms with E-state index < -0.39 is 9.84 Å². The first-order chi connectivity index (χ1) is 9.48. The highest BCUT2D eigenvalue weighted by Gasteiger charge is 2.23. The number of phenolic OH excluding ortho intramolecular Hbond substituents is 1. The molecule has 0 saturated heterocycles. The summed E-state index contributed by atoms with van der Waals surface area (Å²) in [5.74, 6) is -0.0529. The lowest BCUT2D eigenvalue weighted by Gasteiger charge is -2.09. The second-order valence-electron chi connectivity index (χ2n) is 4.90. The van der Waals surface area contributed by atoms with Crippen molar-refractivity contribution in [2.45, 2.75) is 29.1 Å². The van der Waals surface area contributed by atoms with Gasteiger partial charge in [0.25, 0.3) is 0 Å². The van der Waals surface area contributed by atoms with Crippen molar-refractivity contribution in [3.8, 4) is 5.75 Å². The number of rotatable bonds is 2. The van der Waals surface area contributed by atoms with Crippen LogP contribution in [0.4, 0.5) is 0 Å². The van der Waals surface area contributed by atoms with E-state index in [1.807, 2.05) is 6.07 Å². The summed E-state index contributed by atoms with van der Waals surface area (Å²) < 4.78 is 25.2. The molecule has 3 rings (SSSR count). The quantitative estimate of drug-likeness (QED) is 0.925. The topological polar surface area (TPSA) is 54.4 Å². The van der Waals surface area contributed by atoms with Crippen molar-refractivity contribution in [1.29, 1.82) is 0 Å². The van der Waals surface area contributed by atoms with Crippen molar-refractivity contribution < 1.29 is 13.5 Å². The van der Waals surface area contributed by atoms with E-state index in [4.69, 9.17) is 11.6 Å². The van der Waals surface area contributed by atoms with Crippen LogP contribution in [0.25, 0.3) is 0 Å². The fourth-order valence-electron chi connectivity index (χ4n) is 2.55. The highest BCUT2D eigenvalue weighted by Crippen LogP contribution is 2.32. The van der Waals surface area contributed by atoms with Gasteiger partial charge in [-0.1, -0.05) is 17.7 Å². The third-order valence-electron chi connectivity index (χ3n) is 3.59. The van der Waals surface area contributed by atoms with E-state index >= 15 is 0 Å². The lowest BCUT2D eigenvalue weighted by molar-refractivity contribution is 0.475. The molecule has 0 bridgehead atoms. The van der Waals surface area contributed by atoms with Crippen molar-refractivity contribution in [3.63, 3.8) is 0 Å². The van der Waals surface area contributed by atoms with Crippen LogP contribution >= 0.6 is 11.6 Å².